The summed E-state index contributed by atoms with van der Waals surface area (Å²) < 4.78 is 0. The molecule has 0 N–H and O–H groups in total. The van der Waals surface area contributed by atoms with E-state index < -0.39 is 0 Å². The molecule has 0 nitrogen and oxygen atoms in total. The molecule has 0 bridgehead atoms. The number of hydrogen-bond acceptors (Lipinski definition) is 0. The van der Waals surface area contributed by atoms with E-state index in [1.807, 2.05) is 6.07 Å². The van der Waals surface area contributed by atoms with Crippen LogP contribution in [0.5, 0.6) is 0 Å². The van der Waals surface area contributed by atoms with E-state index in [0.717, 1.165) is 0 Å². The Morgan fingerprint density at radius 1 is 0.882 bits per heavy atom. The summed E-state index contributed by atoms with van der Waals surface area (Å²) >= 11 is 0. The first-order valence-corrected chi connectivity index (χ1v) is 5.80. The molecule has 0 heteroatoms. The number of benzene rings is 3. The van der Waals surface area contributed by atoms with E-state index in [9.17, 15) is 0 Å². The summed E-state index contributed by atoms with van der Waals surface area (Å²) in [5, 5.41) is 2.58. The Morgan fingerprint density at radius 3 is 2.59 bits per heavy atom. The van der Waals surface area contributed by atoms with Crippen molar-refractivity contribution < 1.29 is 0 Å². The van der Waals surface area contributed by atoms with Gasteiger partial charge in [0.25, 0.3) is 0 Å². The molecule has 0 amide bonds. The highest BCUT2D eigenvalue weighted by atomic mass is 14.1. The number of hydrogen-bond donors (Lipinski definition) is 0. The maximum absolute atomic E-state index is 3.19. The van der Waals surface area contributed by atoms with Crippen LogP contribution < -0.4 is 0 Å². The Bertz CT molecular complexity index is 660. The molecular formula is C17H13. The van der Waals surface area contributed by atoms with Crippen LogP contribution in [0.15, 0.2) is 60.7 Å². The topological polar surface area (TPSA) is 0 Å². The van der Waals surface area contributed by atoms with Crippen molar-refractivity contribution in [1.29, 1.82) is 0 Å². The predicted molar refractivity (Wildman–Crippen MR) is 73.0 cm³/mol. The highest BCUT2D eigenvalue weighted by Crippen LogP contribution is 2.28. The lowest BCUT2D eigenvalue weighted by molar-refractivity contribution is 1.46. The molecule has 3 aromatic carbocycles. The van der Waals surface area contributed by atoms with Crippen molar-refractivity contribution >= 4 is 10.8 Å². The molecule has 17 heavy (non-hydrogen) atoms. The standard InChI is InChI=1S/C17H13/c1-13-6-4-9-15(12-13)17-11-5-8-14-7-2-3-10-16(14)17/h2-3,5-12H,1H3. The monoisotopic (exact) mass is 217 g/mol. The molecule has 1 radical (unpaired) electrons. The average Bonchev–Trinajstić information content (AvgIpc) is 2.38. The lowest BCUT2D eigenvalue weighted by Crippen LogP contribution is -1.82. The summed E-state index contributed by atoms with van der Waals surface area (Å²) in [5.41, 5.74) is 3.76. The Hall–Kier alpha value is -2.08. The maximum atomic E-state index is 3.19. The molecule has 0 unspecified atom stereocenters. The zero-order valence-corrected chi connectivity index (χ0v) is 9.77. The first-order valence-electron chi connectivity index (χ1n) is 5.80. The van der Waals surface area contributed by atoms with E-state index in [1.54, 1.807) is 0 Å². The van der Waals surface area contributed by atoms with Crippen molar-refractivity contribution in [2.45, 2.75) is 6.92 Å². The van der Waals surface area contributed by atoms with Crippen molar-refractivity contribution in [1.82, 2.24) is 0 Å². The van der Waals surface area contributed by atoms with Crippen LogP contribution in [0.1, 0.15) is 5.56 Å². The zero-order valence-electron chi connectivity index (χ0n) is 9.77. The minimum atomic E-state index is 1.24. The Kier molecular flexibility index (Phi) is 2.41. The van der Waals surface area contributed by atoms with Crippen LogP contribution in [0.25, 0.3) is 21.9 Å². The smallest absolute Gasteiger partial charge is 0.0105 e. The van der Waals surface area contributed by atoms with Gasteiger partial charge < -0.3 is 0 Å². The van der Waals surface area contributed by atoms with Crippen LogP contribution in [0.4, 0.5) is 0 Å². The van der Waals surface area contributed by atoms with Gasteiger partial charge in [0, 0.05) is 0 Å². The Balaban J connectivity index is 2.30. The lowest BCUT2D eigenvalue weighted by atomic mass is 9.97. The molecule has 0 aliphatic carbocycles. The molecule has 0 fully saturated rings. The predicted octanol–water partition coefficient (Wildman–Crippen LogP) is 4.62. The number of rotatable bonds is 1. The quantitative estimate of drug-likeness (QED) is 0.558. The third-order valence-corrected chi connectivity index (χ3v) is 3.03. The zero-order chi connectivity index (χ0) is 11.7. The number of fused-ring (bicyclic) bond motifs is 1. The fourth-order valence-corrected chi connectivity index (χ4v) is 2.22. The fourth-order valence-electron chi connectivity index (χ4n) is 2.22. The van der Waals surface area contributed by atoms with Crippen LogP contribution in [0, 0.1) is 13.0 Å². The minimum absolute atomic E-state index is 1.24. The van der Waals surface area contributed by atoms with Gasteiger partial charge in [0.05, 0.1) is 0 Å². The summed E-state index contributed by atoms with van der Waals surface area (Å²) in [6, 6.07) is 24.4. The fraction of sp³-hybridized carbons (Fsp3) is 0.0588. The molecule has 0 atom stereocenters. The van der Waals surface area contributed by atoms with Crippen LogP contribution in [-0.2, 0) is 0 Å². The molecule has 0 aromatic heterocycles. The number of aryl methyl sites for hydroxylation is 1. The van der Waals surface area contributed by atoms with Gasteiger partial charge in [-0.1, -0.05) is 54.6 Å². The van der Waals surface area contributed by atoms with E-state index >= 15 is 0 Å². The van der Waals surface area contributed by atoms with E-state index in [2.05, 4.69) is 67.6 Å². The van der Waals surface area contributed by atoms with Gasteiger partial charge in [0.15, 0.2) is 0 Å². The maximum Gasteiger partial charge on any atom is -0.0105 e. The molecule has 3 rings (SSSR count). The second-order valence-corrected chi connectivity index (χ2v) is 4.33. The highest BCUT2D eigenvalue weighted by molar-refractivity contribution is 5.96. The van der Waals surface area contributed by atoms with Gasteiger partial charge in [0.2, 0.25) is 0 Å². The van der Waals surface area contributed by atoms with Crippen LogP contribution in [0.3, 0.4) is 0 Å². The molecule has 0 spiro atoms. The first kappa shape index (κ1) is 10.1. The van der Waals surface area contributed by atoms with Crippen molar-refractivity contribution in [3.05, 3.63) is 72.3 Å². The van der Waals surface area contributed by atoms with Crippen LogP contribution in [-0.4, -0.2) is 0 Å². The van der Waals surface area contributed by atoms with Gasteiger partial charge in [-0.2, -0.15) is 0 Å². The first-order chi connectivity index (χ1) is 8.34. The van der Waals surface area contributed by atoms with Gasteiger partial charge in [-0.25, -0.2) is 0 Å². The van der Waals surface area contributed by atoms with Crippen LogP contribution >= 0.6 is 0 Å². The van der Waals surface area contributed by atoms with Crippen molar-refractivity contribution in [2.75, 3.05) is 0 Å². The van der Waals surface area contributed by atoms with Gasteiger partial charge >= 0.3 is 0 Å². The van der Waals surface area contributed by atoms with Gasteiger partial charge in [0.1, 0.15) is 0 Å². The normalized spacial score (nSPS) is 10.6. The van der Waals surface area contributed by atoms with E-state index in [1.165, 1.54) is 27.5 Å². The van der Waals surface area contributed by atoms with Crippen molar-refractivity contribution in [2.24, 2.45) is 0 Å². The third kappa shape index (κ3) is 1.83. The van der Waals surface area contributed by atoms with E-state index in [-0.39, 0.29) is 0 Å². The van der Waals surface area contributed by atoms with Crippen molar-refractivity contribution in [3.63, 3.8) is 0 Å². The molecule has 0 heterocycles. The minimum Gasteiger partial charge on any atom is -0.0616 e. The summed E-state index contributed by atoms with van der Waals surface area (Å²) in [4.78, 5) is 0. The van der Waals surface area contributed by atoms with Crippen LogP contribution in [0.2, 0.25) is 0 Å². The highest BCUT2D eigenvalue weighted by Gasteiger charge is 2.02. The lowest BCUT2D eigenvalue weighted by Gasteiger charge is -2.07. The summed E-state index contributed by atoms with van der Waals surface area (Å²) in [5.74, 6) is 0. The van der Waals surface area contributed by atoms with E-state index in [4.69, 9.17) is 0 Å². The summed E-state index contributed by atoms with van der Waals surface area (Å²) in [6.45, 7) is 2.10. The van der Waals surface area contributed by atoms with Gasteiger partial charge in [-0.3, -0.25) is 0 Å². The molecule has 81 valence electrons. The van der Waals surface area contributed by atoms with Crippen molar-refractivity contribution in [3.8, 4) is 11.1 Å². The molecule has 0 aliphatic heterocycles. The molecular weight excluding hydrogens is 204 g/mol. The SMILES string of the molecule is Cc1c[c]cc(-c2cccc3ccccc23)c1. The largest absolute Gasteiger partial charge is 0.0616 e. The molecule has 0 saturated carbocycles. The molecule has 0 aliphatic rings. The van der Waals surface area contributed by atoms with E-state index in [0.29, 0.717) is 0 Å². The van der Waals surface area contributed by atoms with Gasteiger partial charge in [-0.05, 0) is 46.5 Å². The molecule has 0 saturated heterocycles. The second-order valence-electron chi connectivity index (χ2n) is 4.33. The molecule has 3 aromatic rings. The Labute approximate surface area is 102 Å². The second kappa shape index (κ2) is 4.06. The summed E-state index contributed by atoms with van der Waals surface area (Å²) in [7, 11) is 0. The average molecular weight is 217 g/mol. The summed E-state index contributed by atoms with van der Waals surface area (Å²) in [6.07, 6.45) is 0. The Morgan fingerprint density at radius 2 is 1.71 bits per heavy atom. The third-order valence-electron chi connectivity index (χ3n) is 3.03. The van der Waals surface area contributed by atoms with Gasteiger partial charge in [-0.15, -0.1) is 0 Å².